The normalized spacial score (nSPS) is 13.0. The van der Waals surface area contributed by atoms with Crippen LogP contribution >= 0.6 is 22.7 Å². The summed E-state index contributed by atoms with van der Waals surface area (Å²) in [6.45, 7) is 3.90. The van der Waals surface area contributed by atoms with Crippen LogP contribution in [-0.4, -0.2) is 15.1 Å². The van der Waals surface area contributed by atoms with Crippen LogP contribution in [0.3, 0.4) is 0 Å². The van der Waals surface area contributed by atoms with Crippen LogP contribution in [0.15, 0.2) is 10.8 Å². The molecule has 0 aliphatic heterocycles. The van der Waals surface area contributed by atoms with Gasteiger partial charge in [0.15, 0.2) is 0 Å². The first-order valence-corrected chi connectivity index (χ1v) is 6.42. The summed E-state index contributed by atoms with van der Waals surface area (Å²) >= 11 is 3.11. The number of aliphatic hydroxyl groups is 1. The zero-order chi connectivity index (χ0) is 10.8. The average molecular weight is 240 g/mol. The maximum Gasteiger partial charge on any atom is 0.122 e. The van der Waals surface area contributed by atoms with Gasteiger partial charge >= 0.3 is 0 Å². The highest BCUT2D eigenvalue weighted by Crippen LogP contribution is 2.22. The molecule has 2 heterocycles. The minimum absolute atomic E-state index is 0.523. The maximum atomic E-state index is 9.91. The van der Waals surface area contributed by atoms with E-state index in [-0.39, 0.29) is 0 Å². The summed E-state index contributed by atoms with van der Waals surface area (Å²) in [7, 11) is 0. The Hall–Kier alpha value is -0.780. The van der Waals surface area contributed by atoms with Crippen molar-refractivity contribution in [1.82, 2.24) is 9.97 Å². The van der Waals surface area contributed by atoms with E-state index in [1.807, 2.05) is 24.6 Å². The Balaban J connectivity index is 2.06. The number of hydrogen-bond donors (Lipinski definition) is 1. The average Bonchev–Trinajstić information content (AvgIpc) is 2.75. The second kappa shape index (κ2) is 4.38. The van der Waals surface area contributed by atoms with Crippen LogP contribution in [0.1, 0.15) is 27.5 Å². The molecule has 0 bridgehead atoms. The van der Waals surface area contributed by atoms with E-state index in [1.165, 1.54) is 11.3 Å². The molecule has 0 aromatic carbocycles. The van der Waals surface area contributed by atoms with E-state index < -0.39 is 6.10 Å². The van der Waals surface area contributed by atoms with Crippen molar-refractivity contribution in [2.24, 2.45) is 0 Å². The molecule has 1 N–H and O–H groups in total. The summed E-state index contributed by atoms with van der Waals surface area (Å²) in [5, 5.41) is 15.7. The molecule has 80 valence electrons. The third kappa shape index (κ3) is 2.62. The molecule has 0 aliphatic rings. The maximum absolute atomic E-state index is 9.91. The molecular weight excluding hydrogens is 228 g/mol. The van der Waals surface area contributed by atoms with Gasteiger partial charge < -0.3 is 5.11 Å². The van der Waals surface area contributed by atoms with Crippen molar-refractivity contribution in [3.8, 4) is 0 Å². The largest absolute Gasteiger partial charge is 0.386 e. The molecule has 15 heavy (non-hydrogen) atoms. The van der Waals surface area contributed by atoms with Crippen molar-refractivity contribution in [2.75, 3.05) is 0 Å². The van der Waals surface area contributed by atoms with Crippen molar-refractivity contribution in [1.29, 1.82) is 0 Å². The molecule has 5 heteroatoms. The number of aliphatic hydroxyl groups excluding tert-OH is 1. The van der Waals surface area contributed by atoms with Crippen LogP contribution in [0.25, 0.3) is 0 Å². The highest BCUT2D eigenvalue weighted by Gasteiger charge is 2.13. The summed E-state index contributed by atoms with van der Waals surface area (Å²) in [6, 6.07) is 0. The predicted molar refractivity (Wildman–Crippen MR) is 62.4 cm³/mol. The van der Waals surface area contributed by atoms with Gasteiger partial charge in [0, 0.05) is 22.9 Å². The van der Waals surface area contributed by atoms with E-state index in [0.29, 0.717) is 6.42 Å². The third-order valence-electron chi connectivity index (χ3n) is 1.99. The quantitative estimate of drug-likeness (QED) is 0.896. The number of hydrogen-bond acceptors (Lipinski definition) is 5. The monoisotopic (exact) mass is 240 g/mol. The van der Waals surface area contributed by atoms with Crippen LogP contribution in [0.2, 0.25) is 0 Å². The van der Waals surface area contributed by atoms with Crippen molar-refractivity contribution in [2.45, 2.75) is 26.4 Å². The van der Waals surface area contributed by atoms with E-state index in [2.05, 4.69) is 9.97 Å². The first-order valence-electron chi connectivity index (χ1n) is 4.66. The first kappa shape index (κ1) is 10.7. The Morgan fingerprint density at radius 3 is 2.60 bits per heavy atom. The fourth-order valence-corrected chi connectivity index (χ4v) is 2.72. The molecular formula is C10H12N2OS2. The summed E-state index contributed by atoms with van der Waals surface area (Å²) in [4.78, 5) is 8.58. The lowest BCUT2D eigenvalue weighted by Crippen LogP contribution is -2.01. The molecule has 0 aliphatic carbocycles. The van der Waals surface area contributed by atoms with Crippen LogP contribution in [0, 0.1) is 13.8 Å². The van der Waals surface area contributed by atoms with E-state index in [4.69, 9.17) is 0 Å². The van der Waals surface area contributed by atoms with Gasteiger partial charge in [-0.15, -0.1) is 22.7 Å². The molecule has 0 fully saturated rings. The molecule has 0 spiro atoms. The Kier molecular flexibility index (Phi) is 3.14. The van der Waals surface area contributed by atoms with E-state index in [9.17, 15) is 5.11 Å². The predicted octanol–water partition coefficient (Wildman–Crippen LogP) is 2.49. The smallest absolute Gasteiger partial charge is 0.122 e. The van der Waals surface area contributed by atoms with Gasteiger partial charge in [0.05, 0.1) is 10.7 Å². The molecule has 0 saturated carbocycles. The molecule has 0 saturated heterocycles. The molecule has 3 nitrogen and oxygen atoms in total. The van der Waals surface area contributed by atoms with Gasteiger partial charge in [0.1, 0.15) is 11.1 Å². The zero-order valence-corrected chi connectivity index (χ0v) is 10.2. The fraction of sp³-hybridized carbons (Fsp3) is 0.400. The standard InChI is InChI=1S/C10H12N2OS2/c1-6-4-15-10(11-6)9(13)3-8-5-14-7(2)12-8/h4-5,9,13H,3H2,1-2H3. The summed E-state index contributed by atoms with van der Waals surface area (Å²) in [5.74, 6) is 0. The molecule has 0 radical (unpaired) electrons. The minimum atomic E-state index is -0.523. The Morgan fingerprint density at radius 2 is 2.07 bits per heavy atom. The lowest BCUT2D eigenvalue weighted by molar-refractivity contribution is 0.177. The number of rotatable bonds is 3. The minimum Gasteiger partial charge on any atom is -0.386 e. The van der Waals surface area contributed by atoms with Crippen molar-refractivity contribution in [3.05, 3.63) is 32.2 Å². The second-order valence-electron chi connectivity index (χ2n) is 3.40. The van der Waals surface area contributed by atoms with E-state index in [1.54, 1.807) is 11.3 Å². The van der Waals surface area contributed by atoms with Crippen LogP contribution in [0.5, 0.6) is 0 Å². The molecule has 2 rings (SSSR count). The highest BCUT2D eigenvalue weighted by atomic mass is 32.1. The number of aromatic nitrogens is 2. The van der Waals surface area contributed by atoms with E-state index in [0.717, 1.165) is 21.4 Å². The molecule has 1 unspecified atom stereocenters. The second-order valence-corrected chi connectivity index (χ2v) is 5.36. The SMILES string of the molecule is Cc1csc(C(O)Cc2csc(C)n2)n1. The molecule has 2 aromatic rings. The summed E-state index contributed by atoms with van der Waals surface area (Å²) in [5.41, 5.74) is 1.90. The number of aryl methyl sites for hydroxylation is 2. The first-order chi connectivity index (χ1) is 7.15. The Morgan fingerprint density at radius 1 is 1.27 bits per heavy atom. The molecule has 0 amide bonds. The lowest BCUT2D eigenvalue weighted by Gasteiger charge is -2.04. The van der Waals surface area contributed by atoms with Crippen molar-refractivity contribution >= 4 is 22.7 Å². The van der Waals surface area contributed by atoms with Crippen LogP contribution in [0.4, 0.5) is 0 Å². The van der Waals surface area contributed by atoms with Crippen molar-refractivity contribution in [3.63, 3.8) is 0 Å². The topological polar surface area (TPSA) is 46.0 Å². The fourth-order valence-electron chi connectivity index (χ4n) is 1.31. The summed E-state index contributed by atoms with van der Waals surface area (Å²) in [6.07, 6.45) is 0.0299. The van der Waals surface area contributed by atoms with Crippen LogP contribution in [-0.2, 0) is 6.42 Å². The van der Waals surface area contributed by atoms with E-state index >= 15 is 0 Å². The van der Waals surface area contributed by atoms with Gasteiger partial charge in [-0.05, 0) is 13.8 Å². The number of thiazole rings is 2. The van der Waals surface area contributed by atoms with Crippen LogP contribution < -0.4 is 0 Å². The lowest BCUT2D eigenvalue weighted by atomic mass is 10.2. The van der Waals surface area contributed by atoms with Gasteiger partial charge in [-0.25, -0.2) is 9.97 Å². The highest BCUT2D eigenvalue weighted by molar-refractivity contribution is 7.10. The van der Waals surface area contributed by atoms with Gasteiger partial charge in [-0.1, -0.05) is 0 Å². The van der Waals surface area contributed by atoms with Crippen molar-refractivity contribution < 1.29 is 5.11 Å². The van der Waals surface area contributed by atoms with Gasteiger partial charge in [0.2, 0.25) is 0 Å². The molecule has 2 aromatic heterocycles. The Labute approximate surface area is 96.5 Å². The zero-order valence-electron chi connectivity index (χ0n) is 8.60. The van der Waals surface area contributed by atoms with Gasteiger partial charge in [0.25, 0.3) is 0 Å². The van der Waals surface area contributed by atoms with Gasteiger partial charge in [-0.3, -0.25) is 0 Å². The summed E-state index contributed by atoms with van der Waals surface area (Å²) < 4.78 is 0. The third-order valence-corrected chi connectivity index (χ3v) is 3.88. The van der Waals surface area contributed by atoms with Gasteiger partial charge in [-0.2, -0.15) is 0 Å². The molecule has 1 atom stereocenters. The number of nitrogens with zero attached hydrogens (tertiary/aromatic N) is 2. The Bertz CT molecular complexity index is 450.